The van der Waals surface area contributed by atoms with E-state index in [2.05, 4.69) is 35.0 Å². The van der Waals surface area contributed by atoms with Gasteiger partial charge in [0.15, 0.2) is 0 Å². The lowest BCUT2D eigenvalue weighted by atomic mass is 10.1. The Labute approximate surface area is 150 Å². The lowest BCUT2D eigenvalue weighted by Gasteiger charge is -2.37. The molecule has 1 aliphatic carbocycles. The van der Waals surface area contributed by atoms with Crippen LogP contribution in [0.5, 0.6) is 0 Å². The van der Waals surface area contributed by atoms with Gasteiger partial charge in [-0.3, -0.25) is 9.69 Å². The van der Waals surface area contributed by atoms with Crippen molar-refractivity contribution in [2.45, 2.75) is 32.2 Å². The number of amides is 1. The van der Waals surface area contributed by atoms with Crippen LogP contribution in [0.3, 0.4) is 0 Å². The van der Waals surface area contributed by atoms with Gasteiger partial charge in [0, 0.05) is 49.7 Å². The van der Waals surface area contributed by atoms with Gasteiger partial charge in [0.25, 0.3) is 0 Å². The highest BCUT2D eigenvalue weighted by atomic mass is 35.5. The summed E-state index contributed by atoms with van der Waals surface area (Å²) in [6, 6.07) is 8.29. The van der Waals surface area contributed by atoms with Gasteiger partial charge in [0.1, 0.15) is 0 Å². The summed E-state index contributed by atoms with van der Waals surface area (Å²) in [5.41, 5.74) is 1.19. The van der Waals surface area contributed by atoms with Gasteiger partial charge in [-0.2, -0.15) is 0 Å². The molecule has 1 aliphatic heterocycles. The lowest BCUT2D eigenvalue weighted by Crippen LogP contribution is -2.52. The van der Waals surface area contributed by atoms with Crippen LogP contribution in [0, 0.1) is 5.92 Å². The Balaban J connectivity index is 1.42. The molecule has 0 bridgehead atoms. The van der Waals surface area contributed by atoms with Crippen LogP contribution in [0.4, 0.5) is 0 Å². The van der Waals surface area contributed by atoms with Gasteiger partial charge in [-0.25, -0.2) is 0 Å². The number of carbonyl (C=O) groups excluding carboxylic acids is 1. The predicted molar refractivity (Wildman–Crippen MR) is 98.5 cm³/mol. The minimum absolute atomic E-state index is 0.118. The van der Waals surface area contributed by atoms with Crippen LogP contribution in [-0.4, -0.2) is 61.0 Å². The Morgan fingerprint density at radius 2 is 2.08 bits per heavy atom. The van der Waals surface area contributed by atoms with E-state index in [1.165, 1.54) is 5.56 Å². The summed E-state index contributed by atoms with van der Waals surface area (Å²) in [4.78, 5) is 17.3. The van der Waals surface area contributed by atoms with Gasteiger partial charge in [-0.1, -0.05) is 30.7 Å². The fourth-order valence-electron chi connectivity index (χ4n) is 3.62. The highest BCUT2D eigenvalue weighted by Crippen LogP contribution is 2.47. The molecule has 132 valence electrons. The fraction of sp³-hybridized carbons (Fsp3) is 0.632. The van der Waals surface area contributed by atoms with Crippen molar-refractivity contribution in [1.29, 1.82) is 0 Å². The summed E-state index contributed by atoms with van der Waals surface area (Å²) < 4.78 is 0. The summed E-state index contributed by atoms with van der Waals surface area (Å²) in [6.07, 6.45) is 0.940. The molecule has 3 rings (SSSR count). The summed E-state index contributed by atoms with van der Waals surface area (Å²) in [5, 5.41) is 3.90. The molecular weight excluding hydrogens is 322 g/mol. The zero-order chi connectivity index (χ0) is 17.1. The highest BCUT2D eigenvalue weighted by molar-refractivity contribution is 6.30. The average molecular weight is 350 g/mol. The van der Waals surface area contributed by atoms with Gasteiger partial charge in [-0.05, 0) is 43.5 Å². The number of benzene rings is 1. The number of halogens is 1. The number of carbonyl (C=O) groups is 1. The summed E-state index contributed by atoms with van der Waals surface area (Å²) in [6.45, 7) is 10.8. The van der Waals surface area contributed by atoms with E-state index in [1.54, 1.807) is 0 Å². The van der Waals surface area contributed by atoms with Gasteiger partial charge < -0.3 is 10.2 Å². The van der Waals surface area contributed by atoms with E-state index in [9.17, 15) is 4.79 Å². The Hall–Kier alpha value is -1.10. The molecule has 1 aromatic rings. The predicted octanol–water partition coefficient (Wildman–Crippen LogP) is 2.59. The zero-order valence-electron chi connectivity index (χ0n) is 14.7. The van der Waals surface area contributed by atoms with Crippen molar-refractivity contribution in [3.05, 3.63) is 34.9 Å². The van der Waals surface area contributed by atoms with Crippen molar-refractivity contribution in [3.8, 4) is 0 Å². The van der Waals surface area contributed by atoms with Gasteiger partial charge in [0.05, 0.1) is 0 Å². The first kappa shape index (κ1) is 17.7. The van der Waals surface area contributed by atoms with E-state index in [1.807, 2.05) is 18.2 Å². The molecule has 1 heterocycles. The Morgan fingerprint density at radius 1 is 1.33 bits per heavy atom. The smallest absolute Gasteiger partial charge is 0.223 e. The Morgan fingerprint density at radius 3 is 2.75 bits per heavy atom. The topological polar surface area (TPSA) is 35.6 Å². The molecule has 1 amide bonds. The zero-order valence-corrected chi connectivity index (χ0v) is 15.4. The monoisotopic (exact) mass is 349 g/mol. The van der Waals surface area contributed by atoms with Crippen LogP contribution >= 0.6 is 11.6 Å². The summed E-state index contributed by atoms with van der Waals surface area (Å²) >= 11 is 6.04. The van der Waals surface area contributed by atoms with Crippen LogP contribution in [0.15, 0.2) is 24.3 Å². The number of likely N-dealkylation sites (N-methyl/N-ethyl adjacent to an activating group) is 1. The second-order valence-corrected chi connectivity index (χ2v) is 7.50. The molecule has 24 heavy (non-hydrogen) atoms. The maximum absolute atomic E-state index is 12.4. The van der Waals surface area contributed by atoms with Crippen molar-refractivity contribution in [2.75, 3.05) is 39.3 Å². The van der Waals surface area contributed by atoms with E-state index in [0.717, 1.165) is 50.7 Å². The van der Waals surface area contributed by atoms with Crippen LogP contribution in [0.1, 0.15) is 31.7 Å². The van der Waals surface area contributed by atoms with Crippen molar-refractivity contribution in [2.24, 2.45) is 5.92 Å². The van der Waals surface area contributed by atoms with E-state index in [0.29, 0.717) is 12.0 Å². The van der Waals surface area contributed by atoms with Crippen LogP contribution in [-0.2, 0) is 4.79 Å². The maximum atomic E-state index is 12.4. The highest BCUT2D eigenvalue weighted by Gasteiger charge is 2.43. The van der Waals surface area contributed by atoms with Crippen LogP contribution in [0.2, 0.25) is 5.02 Å². The van der Waals surface area contributed by atoms with E-state index < -0.39 is 0 Å². The SMILES string of the molecule is CCN1CCN([C@H](C)CNC(=O)[C@H]2C[C@H]2c2cccc(Cl)c2)CC1. The molecule has 1 N–H and O–H groups in total. The molecule has 2 aliphatic rings. The number of nitrogens with zero attached hydrogens (tertiary/aromatic N) is 2. The number of nitrogens with one attached hydrogen (secondary N) is 1. The number of piperazine rings is 1. The molecular formula is C19H28ClN3O. The molecule has 0 unspecified atom stereocenters. The number of rotatable bonds is 6. The minimum atomic E-state index is 0.118. The van der Waals surface area contributed by atoms with Gasteiger partial charge in [0.2, 0.25) is 5.91 Å². The summed E-state index contributed by atoms with van der Waals surface area (Å²) in [7, 11) is 0. The van der Waals surface area contributed by atoms with E-state index in [-0.39, 0.29) is 11.8 Å². The van der Waals surface area contributed by atoms with Crippen molar-refractivity contribution in [1.82, 2.24) is 15.1 Å². The molecule has 2 fully saturated rings. The molecule has 0 radical (unpaired) electrons. The van der Waals surface area contributed by atoms with Crippen molar-refractivity contribution in [3.63, 3.8) is 0 Å². The quantitative estimate of drug-likeness (QED) is 0.857. The molecule has 1 saturated heterocycles. The fourth-order valence-corrected chi connectivity index (χ4v) is 3.82. The van der Waals surface area contributed by atoms with Gasteiger partial charge in [-0.15, -0.1) is 0 Å². The second-order valence-electron chi connectivity index (χ2n) is 7.07. The average Bonchev–Trinajstić information content (AvgIpc) is 3.40. The van der Waals surface area contributed by atoms with Crippen molar-refractivity contribution >= 4 is 17.5 Å². The van der Waals surface area contributed by atoms with Gasteiger partial charge >= 0.3 is 0 Å². The standard InChI is InChI=1S/C19H28ClN3O/c1-3-22-7-9-23(10-8-22)14(2)13-21-19(24)18-12-17(18)15-5-4-6-16(20)11-15/h4-6,11,14,17-18H,3,7-10,12-13H2,1-2H3,(H,21,24)/t14-,17+,18+/m1/s1. The van der Waals surface area contributed by atoms with Crippen LogP contribution in [0.25, 0.3) is 0 Å². The van der Waals surface area contributed by atoms with Crippen LogP contribution < -0.4 is 5.32 Å². The largest absolute Gasteiger partial charge is 0.354 e. The normalized spacial score (nSPS) is 26.1. The lowest BCUT2D eigenvalue weighted by molar-refractivity contribution is -0.122. The third kappa shape index (κ3) is 4.29. The molecule has 3 atom stereocenters. The molecule has 0 spiro atoms. The molecule has 1 aromatic carbocycles. The Bertz CT molecular complexity index is 571. The molecule has 5 heteroatoms. The first-order valence-corrected chi connectivity index (χ1v) is 9.46. The number of hydrogen-bond donors (Lipinski definition) is 1. The molecule has 1 saturated carbocycles. The second kappa shape index (κ2) is 7.85. The first-order valence-electron chi connectivity index (χ1n) is 9.08. The molecule has 0 aromatic heterocycles. The first-order chi connectivity index (χ1) is 11.6. The number of hydrogen-bond acceptors (Lipinski definition) is 3. The van der Waals surface area contributed by atoms with E-state index in [4.69, 9.17) is 11.6 Å². The van der Waals surface area contributed by atoms with Crippen molar-refractivity contribution < 1.29 is 4.79 Å². The minimum Gasteiger partial charge on any atom is -0.354 e. The maximum Gasteiger partial charge on any atom is 0.223 e. The third-order valence-corrected chi connectivity index (χ3v) is 5.69. The Kier molecular flexibility index (Phi) is 5.80. The molecule has 4 nitrogen and oxygen atoms in total. The summed E-state index contributed by atoms with van der Waals surface area (Å²) in [5.74, 6) is 0.652. The third-order valence-electron chi connectivity index (χ3n) is 5.45. The van der Waals surface area contributed by atoms with E-state index >= 15 is 0 Å².